The van der Waals surface area contributed by atoms with Crippen LogP contribution in [0.25, 0.3) is 0 Å². The highest BCUT2D eigenvalue weighted by Gasteiger charge is 2.38. The fourth-order valence-electron chi connectivity index (χ4n) is 1.90. The first-order valence-electron chi connectivity index (χ1n) is 4.90. The van der Waals surface area contributed by atoms with E-state index in [1.165, 1.54) is 17.2 Å². The zero-order valence-electron chi connectivity index (χ0n) is 8.49. The SMILES string of the molecule is FC(F)(F)c1cccc2c1N1CNN=C1C=N2. The number of rotatable bonds is 0. The average Bonchev–Trinajstić information content (AvgIpc) is 2.75. The first kappa shape index (κ1) is 10.1. The molecule has 0 aromatic heterocycles. The molecule has 0 spiro atoms. The van der Waals surface area contributed by atoms with E-state index in [9.17, 15) is 13.2 Å². The van der Waals surface area contributed by atoms with Gasteiger partial charge in [0, 0.05) is 0 Å². The van der Waals surface area contributed by atoms with Gasteiger partial charge in [-0.3, -0.25) is 10.4 Å². The van der Waals surface area contributed by atoms with Crippen LogP contribution in [0.15, 0.2) is 28.3 Å². The van der Waals surface area contributed by atoms with Crippen LogP contribution in [0.3, 0.4) is 0 Å². The van der Waals surface area contributed by atoms with Crippen molar-refractivity contribution in [2.45, 2.75) is 6.18 Å². The van der Waals surface area contributed by atoms with Crippen molar-refractivity contribution in [1.29, 1.82) is 0 Å². The number of halogens is 3. The first-order chi connectivity index (χ1) is 8.07. The van der Waals surface area contributed by atoms with Crippen molar-refractivity contribution < 1.29 is 13.2 Å². The number of hydrogen-bond donors (Lipinski definition) is 1. The highest BCUT2D eigenvalue weighted by atomic mass is 19.4. The van der Waals surface area contributed by atoms with Gasteiger partial charge in [0.05, 0.1) is 23.2 Å². The summed E-state index contributed by atoms with van der Waals surface area (Å²) < 4.78 is 38.7. The Bertz CT molecular complexity index is 533. The van der Waals surface area contributed by atoms with Crippen molar-refractivity contribution in [2.24, 2.45) is 10.1 Å². The number of alkyl halides is 3. The number of nitrogens with zero attached hydrogens (tertiary/aromatic N) is 3. The van der Waals surface area contributed by atoms with Gasteiger partial charge in [-0.15, -0.1) is 0 Å². The topological polar surface area (TPSA) is 40.0 Å². The van der Waals surface area contributed by atoms with Crippen LogP contribution in [-0.2, 0) is 6.18 Å². The molecule has 0 saturated heterocycles. The van der Waals surface area contributed by atoms with E-state index in [0.29, 0.717) is 11.5 Å². The summed E-state index contributed by atoms with van der Waals surface area (Å²) >= 11 is 0. The number of hydrazone groups is 1. The zero-order valence-corrected chi connectivity index (χ0v) is 8.49. The van der Waals surface area contributed by atoms with Crippen LogP contribution in [0.1, 0.15) is 5.56 Å². The molecule has 4 nitrogen and oxygen atoms in total. The lowest BCUT2D eigenvalue weighted by molar-refractivity contribution is -0.137. The number of anilines is 1. The van der Waals surface area contributed by atoms with Crippen molar-refractivity contribution >= 4 is 23.4 Å². The van der Waals surface area contributed by atoms with Gasteiger partial charge in [-0.25, -0.2) is 0 Å². The Morgan fingerprint density at radius 1 is 1.29 bits per heavy atom. The van der Waals surface area contributed by atoms with Gasteiger partial charge in [-0.2, -0.15) is 18.3 Å². The summed E-state index contributed by atoms with van der Waals surface area (Å²) in [7, 11) is 0. The molecule has 0 fully saturated rings. The quantitative estimate of drug-likeness (QED) is 0.754. The van der Waals surface area contributed by atoms with Gasteiger partial charge in [0.1, 0.15) is 6.67 Å². The Morgan fingerprint density at radius 2 is 2.12 bits per heavy atom. The summed E-state index contributed by atoms with van der Waals surface area (Å²) in [5.41, 5.74) is 2.32. The third kappa shape index (κ3) is 1.46. The molecule has 0 aliphatic carbocycles. The second kappa shape index (κ2) is 3.22. The molecule has 0 radical (unpaired) electrons. The Morgan fingerprint density at radius 3 is 2.88 bits per heavy atom. The van der Waals surface area contributed by atoms with Crippen LogP contribution in [0.4, 0.5) is 24.5 Å². The molecule has 1 aromatic rings. The molecule has 0 bridgehead atoms. The maximum atomic E-state index is 12.9. The number of amidine groups is 1. The molecule has 0 saturated carbocycles. The highest BCUT2D eigenvalue weighted by Crippen LogP contribution is 2.43. The number of nitrogens with one attached hydrogen (secondary N) is 1. The lowest BCUT2D eigenvalue weighted by Crippen LogP contribution is -2.33. The second-order valence-electron chi connectivity index (χ2n) is 3.64. The Hall–Kier alpha value is -2.05. The molecule has 0 atom stereocenters. The largest absolute Gasteiger partial charge is 0.418 e. The van der Waals surface area contributed by atoms with Crippen molar-refractivity contribution in [1.82, 2.24) is 5.43 Å². The van der Waals surface area contributed by atoms with Crippen molar-refractivity contribution in [3.63, 3.8) is 0 Å². The smallest absolute Gasteiger partial charge is 0.301 e. The van der Waals surface area contributed by atoms with Gasteiger partial charge in [-0.1, -0.05) is 6.07 Å². The van der Waals surface area contributed by atoms with Crippen LogP contribution < -0.4 is 10.3 Å². The van der Waals surface area contributed by atoms with Crippen LogP contribution >= 0.6 is 0 Å². The van der Waals surface area contributed by atoms with E-state index >= 15 is 0 Å². The van der Waals surface area contributed by atoms with E-state index < -0.39 is 11.7 Å². The Balaban J connectivity index is 2.23. The summed E-state index contributed by atoms with van der Waals surface area (Å²) in [4.78, 5) is 5.44. The summed E-state index contributed by atoms with van der Waals surface area (Å²) in [6.45, 7) is 0.224. The predicted molar refractivity (Wildman–Crippen MR) is 57.5 cm³/mol. The van der Waals surface area contributed by atoms with Crippen LogP contribution in [0.5, 0.6) is 0 Å². The summed E-state index contributed by atoms with van der Waals surface area (Å²) in [5.74, 6) is 0.397. The first-order valence-corrected chi connectivity index (χ1v) is 4.90. The number of hydrogen-bond acceptors (Lipinski definition) is 4. The predicted octanol–water partition coefficient (Wildman–Crippen LogP) is 2.10. The maximum absolute atomic E-state index is 12.9. The van der Waals surface area contributed by atoms with Gasteiger partial charge in [0.15, 0.2) is 5.84 Å². The third-order valence-electron chi connectivity index (χ3n) is 2.61. The van der Waals surface area contributed by atoms with Gasteiger partial charge >= 0.3 is 6.18 Å². The minimum atomic E-state index is -4.40. The molecule has 0 amide bonds. The summed E-state index contributed by atoms with van der Waals surface area (Å²) in [6, 6.07) is 3.95. The molecule has 88 valence electrons. The number of aliphatic imine (C=N–C) groups is 1. The Labute approximate surface area is 94.4 Å². The molecule has 1 aromatic carbocycles. The van der Waals surface area contributed by atoms with E-state index in [1.54, 1.807) is 6.07 Å². The van der Waals surface area contributed by atoms with E-state index in [2.05, 4.69) is 15.5 Å². The normalized spacial score (nSPS) is 17.4. The number of benzene rings is 1. The average molecular weight is 240 g/mol. The van der Waals surface area contributed by atoms with Crippen LogP contribution in [-0.4, -0.2) is 18.7 Å². The molecule has 2 aliphatic heterocycles. The summed E-state index contributed by atoms with van der Waals surface area (Å²) in [5, 5.41) is 3.86. The molecule has 17 heavy (non-hydrogen) atoms. The molecule has 7 heteroatoms. The van der Waals surface area contributed by atoms with Crippen molar-refractivity contribution in [3.8, 4) is 0 Å². The van der Waals surface area contributed by atoms with E-state index in [-0.39, 0.29) is 12.4 Å². The second-order valence-corrected chi connectivity index (χ2v) is 3.64. The summed E-state index contributed by atoms with van der Waals surface area (Å²) in [6.07, 6.45) is -2.95. The minimum Gasteiger partial charge on any atom is -0.301 e. The monoisotopic (exact) mass is 240 g/mol. The van der Waals surface area contributed by atoms with Gasteiger partial charge in [-0.05, 0) is 12.1 Å². The molecule has 2 heterocycles. The van der Waals surface area contributed by atoms with Gasteiger partial charge < -0.3 is 4.90 Å². The fraction of sp³-hybridized carbons (Fsp3) is 0.200. The van der Waals surface area contributed by atoms with Gasteiger partial charge in [0.2, 0.25) is 0 Å². The number of para-hydroxylation sites is 1. The lowest BCUT2D eigenvalue weighted by atomic mass is 10.1. The van der Waals surface area contributed by atoms with Crippen molar-refractivity contribution in [2.75, 3.05) is 11.6 Å². The lowest BCUT2D eigenvalue weighted by Gasteiger charge is -2.26. The van der Waals surface area contributed by atoms with E-state index in [1.807, 2.05) is 0 Å². The maximum Gasteiger partial charge on any atom is 0.418 e. The van der Waals surface area contributed by atoms with Crippen LogP contribution in [0.2, 0.25) is 0 Å². The van der Waals surface area contributed by atoms with E-state index in [0.717, 1.165) is 6.07 Å². The fourth-order valence-corrected chi connectivity index (χ4v) is 1.90. The zero-order chi connectivity index (χ0) is 12.0. The standard InChI is InChI=1S/C10H7F3N4/c11-10(12,13)6-2-1-3-7-9(6)17-5-15-16-8(17)4-14-7/h1-4,15H,5H2. The Kier molecular flexibility index (Phi) is 1.92. The molecule has 3 rings (SSSR count). The van der Waals surface area contributed by atoms with Crippen molar-refractivity contribution in [3.05, 3.63) is 23.8 Å². The minimum absolute atomic E-state index is 0.0613. The third-order valence-corrected chi connectivity index (χ3v) is 2.61. The molecular weight excluding hydrogens is 233 g/mol. The van der Waals surface area contributed by atoms with E-state index in [4.69, 9.17) is 0 Å². The molecule has 2 aliphatic rings. The number of fused-ring (bicyclic) bond motifs is 3. The highest BCUT2D eigenvalue weighted by molar-refractivity contribution is 6.38. The molecular formula is C10H7F3N4. The molecule has 1 N–H and O–H groups in total. The van der Waals surface area contributed by atoms with Crippen LogP contribution in [0, 0.1) is 0 Å². The van der Waals surface area contributed by atoms with Gasteiger partial charge in [0.25, 0.3) is 0 Å². The molecule has 0 unspecified atom stereocenters.